The van der Waals surface area contributed by atoms with Gasteiger partial charge in [-0.3, -0.25) is 9.97 Å². The first-order chi connectivity index (χ1) is 12.2. The Hall–Kier alpha value is -2.90. The zero-order chi connectivity index (χ0) is 18.9. The first-order valence-electron chi connectivity index (χ1n) is 7.32. The van der Waals surface area contributed by atoms with Crippen molar-refractivity contribution in [3.05, 3.63) is 72.1 Å². The predicted molar refractivity (Wildman–Crippen MR) is 82.9 cm³/mol. The summed E-state index contributed by atoms with van der Waals surface area (Å²) in [6.45, 7) is 0. The maximum Gasteiger partial charge on any atom is 0.416 e. The number of alkyl halides is 6. The Bertz CT molecular complexity index is 820. The van der Waals surface area contributed by atoms with E-state index in [4.69, 9.17) is 0 Å². The highest BCUT2D eigenvalue weighted by atomic mass is 19.4. The van der Waals surface area contributed by atoms with Gasteiger partial charge in [-0.15, -0.1) is 0 Å². The number of nitrogens with zero attached hydrogens (tertiary/aromatic N) is 2. The highest BCUT2D eigenvalue weighted by Gasteiger charge is 2.31. The molecule has 1 heterocycles. The van der Waals surface area contributed by atoms with Gasteiger partial charge in [0.15, 0.2) is 0 Å². The third-order valence-electron chi connectivity index (χ3n) is 3.67. The van der Waals surface area contributed by atoms with Gasteiger partial charge in [0.05, 0.1) is 22.5 Å². The topological polar surface area (TPSA) is 25.8 Å². The molecule has 2 aromatic carbocycles. The summed E-state index contributed by atoms with van der Waals surface area (Å²) in [5.74, 6) is 0. The van der Waals surface area contributed by atoms with Gasteiger partial charge in [-0.25, -0.2) is 0 Å². The minimum Gasteiger partial charge on any atom is -0.252 e. The third-order valence-corrected chi connectivity index (χ3v) is 3.67. The van der Waals surface area contributed by atoms with E-state index < -0.39 is 23.5 Å². The molecular weight excluding hydrogens is 358 g/mol. The second-order valence-corrected chi connectivity index (χ2v) is 5.40. The molecule has 0 saturated carbocycles. The summed E-state index contributed by atoms with van der Waals surface area (Å²) < 4.78 is 76.1. The lowest BCUT2D eigenvalue weighted by molar-refractivity contribution is -0.138. The average Bonchev–Trinajstić information content (AvgIpc) is 2.60. The molecule has 0 fully saturated rings. The number of hydrogen-bond acceptors (Lipinski definition) is 2. The molecule has 0 unspecified atom stereocenters. The van der Waals surface area contributed by atoms with Crippen molar-refractivity contribution in [2.24, 2.45) is 0 Å². The molecule has 8 heteroatoms. The summed E-state index contributed by atoms with van der Waals surface area (Å²) in [5, 5.41) is 0. The van der Waals surface area contributed by atoms with Crippen LogP contribution >= 0.6 is 0 Å². The Labute approximate surface area is 144 Å². The Balaban J connectivity index is 2.01. The van der Waals surface area contributed by atoms with E-state index in [9.17, 15) is 26.3 Å². The molecule has 0 amide bonds. The monoisotopic (exact) mass is 368 g/mol. The van der Waals surface area contributed by atoms with Gasteiger partial charge in [-0.2, -0.15) is 26.3 Å². The van der Waals surface area contributed by atoms with Crippen LogP contribution in [0.1, 0.15) is 11.1 Å². The fourth-order valence-electron chi connectivity index (χ4n) is 2.39. The van der Waals surface area contributed by atoms with Crippen molar-refractivity contribution in [2.75, 3.05) is 0 Å². The normalized spacial score (nSPS) is 12.2. The molecule has 0 bridgehead atoms. The molecule has 0 spiro atoms. The molecule has 1 aromatic heterocycles. The standard InChI is InChI=1S/C18H10F6N2/c19-17(20,21)13-5-1-11(2-6-13)15-16(26-10-9-25-15)12-3-7-14(8-4-12)18(22,23)24/h1-10H. The lowest BCUT2D eigenvalue weighted by atomic mass is 10.0. The highest BCUT2D eigenvalue weighted by molar-refractivity contribution is 5.77. The molecule has 0 N–H and O–H groups in total. The van der Waals surface area contributed by atoms with Crippen LogP contribution in [-0.4, -0.2) is 9.97 Å². The van der Waals surface area contributed by atoms with Crippen LogP contribution in [0.5, 0.6) is 0 Å². The van der Waals surface area contributed by atoms with Crippen LogP contribution in [-0.2, 0) is 12.4 Å². The molecule has 134 valence electrons. The van der Waals surface area contributed by atoms with E-state index >= 15 is 0 Å². The van der Waals surface area contributed by atoms with Crippen molar-refractivity contribution < 1.29 is 26.3 Å². The minimum absolute atomic E-state index is 0.279. The molecular formula is C18H10F6N2. The molecule has 0 aliphatic heterocycles. The fraction of sp³-hybridized carbons (Fsp3) is 0.111. The summed E-state index contributed by atoms with van der Waals surface area (Å²) in [7, 11) is 0. The Morgan fingerprint density at radius 1 is 0.500 bits per heavy atom. The molecule has 3 rings (SSSR count). The van der Waals surface area contributed by atoms with Gasteiger partial charge < -0.3 is 0 Å². The molecule has 0 radical (unpaired) electrons. The number of hydrogen-bond donors (Lipinski definition) is 0. The molecule has 0 atom stereocenters. The van der Waals surface area contributed by atoms with E-state index in [1.54, 1.807) is 0 Å². The average molecular weight is 368 g/mol. The van der Waals surface area contributed by atoms with Crippen molar-refractivity contribution in [3.63, 3.8) is 0 Å². The molecule has 0 saturated heterocycles. The van der Waals surface area contributed by atoms with E-state index in [-0.39, 0.29) is 11.4 Å². The lowest BCUT2D eigenvalue weighted by Gasteiger charge is -2.11. The molecule has 0 aliphatic carbocycles. The Kier molecular flexibility index (Phi) is 4.43. The number of rotatable bonds is 2. The fourth-order valence-corrected chi connectivity index (χ4v) is 2.39. The zero-order valence-electron chi connectivity index (χ0n) is 12.9. The van der Waals surface area contributed by atoms with Crippen molar-refractivity contribution in [1.82, 2.24) is 9.97 Å². The van der Waals surface area contributed by atoms with Crippen LogP contribution in [0.2, 0.25) is 0 Å². The van der Waals surface area contributed by atoms with Gasteiger partial charge >= 0.3 is 12.4 Å². The van der Waals surface area contributed by atoms with Gasteiger partial charge in [0.2, 0.25) is 0 Å². The second kappa shape index (κ2) is 6.44. The summed E-state index contributed by atoms with van der Waals surface area (Å²) >= 11 is 0. The maximum atomic E-state index is 12.7. The first kappa shape index (κ1) is 17.9. The summed E-state index contributed by atoms with van der Waals surface area (Å²) in [6.07, 6.45) is -6.20. The highest BCUT2D eigenvalue weighted by Crippen LogP contribution is 2.34. The largest absolute Gasteiger partial charge is 0.416 e. The smallest absolute Gasteiger partial charge is 0.252 e. The van der Waals surface area contributed by atoms with Crippen LogP contribution in [0.15, 0.2) is 60.9 Å². The van der Waals surface area contributed by atoms with E-state index in [0.717, 1.165) is 24.3 Å². The summed E-state index contributed by atoms with van der Waals surface area (Å²) in [5.41, 5.74) is -0.300. The quantitative estimate of drug-likeness (QED) is 0.531. The van der Waals surface area contributed by atoms with E-state index in [1.807, 2.05) is 0 Å². The van der Waals surface area contributed by atoms with Gasteiger partial charge in [-0.05, 0) is 24.3 Å². The number of halogens is 6. The Morgan fingerprint density at radius 3 is 1.08 bits per heavy atom. The van der Waals surface area contributed by atoms with Crippen molar-refractivity contribution in [1.29, 1.82) is 0 Å². The molecule has 0 aliphatic rings. The predicted octanol–water partition coefficient (Wildman–Crippen LogP) is 5.85. The Morgan fingerprint density at radius 2 is 0.808 bits per heavy atom. The van der Waals surface area contributed by atoms with E-state index in [1.165, 1.54) is 36.7 Å². The van der Waals surface area contributed by atoms with Gasteiger partial charge in [-0.1, -0.05) is 24.3 Å². The van der Waals surface area contributed by atoms with E-state index in [2.05, 4.69) is 9.97 Å². The van der Waals surface area contributed by atoms with Crippen LogP contribution in [0, 0.1) is 0 Å². The van der Waals surface area contributed by atoms with Crippen molar-refractivity contribution in [3.8, 4) is 22.5 Å². The van der Waals surface area contributed by atoms with Crippen LogP contribution in [0.25, 0.3) is 22.5 Å². The van der Waals surface area contributed by atoms with Crippen LogP contribution < -0.4 is 0 Å². The van der Waals surface area contributed by atoms with E-state index in [0.29, 0.717) is 11.1 Å². The number of benzene rings is 2. The third kappa shape index (κ3) is 3.68. The second-order valence-electron chi connectivity index (χ2n) is 5.40. The number of aromatic nitrogens is 2. The first-order valence-corrected chi connectivity index (χ1v) is 7.32. The molecule has 2 nitrogen and oxygen atoms in total. The molecule has 26 heavy (non-hydrogen) atoms. The van der Waals surface area contributed by atoms with Crippen molar-refractivity contribution in [2.45, 2.75) is 12.4 Å². The van der Waals surface area contributed by atoms with Gasteiger partial charge in [0.1, 0.15) is 0 Å². The minimum atomic E-state index is -4.46. The molecule has 3 aromatic rings. The van der Waals surface area contributed by atoms with Crippen LogP contribution in [0.4, 0.5) is 26.3 Å². The van der Waals surface area contributed by atoms with Gasteiger partial charge in [0, 0.05) is 23.5 Å². The van der Waals surface area contributed by atoms with Crippen molar-refractivity contribution >= 4 is 0 Å². The lowest BCUT2D eigenvalue weighted by Crippen LogP contribution is -2.04. The zero-order valence-corrected chi connectivity index (χ0v) is 12.9. The maximum absolute atomic E-state index is 12.7. The van der Waals surface area contributed by atoms with Crippen LogP contribution in [0.3, 0.4) is 0 Å². The van der Waals surface area contributed by atoms with Gasteiger partial charge in [0.25, 0.3) is 0 Å². The summed E-state index contributed by atoms with van der Waals surface area (Å²) in [6, 6.07) is 8.67. The summed E-state index contributed by atoms with van der Waals surface area (Å²) in [4.78, 5) is 8.24. The SMILES string of the molecule is FC(F)(F)c1ccc(-c2nccnc2-c2ccc(C(F)(F)F)cc2)cc1.